The molecule has 2 aliphatic rings. The number of nitrogens with two attached hydrogens (primary N) is 1. The highest BCUT2D eigenvalue weighted by Crippen LogP contribution is 2.44. The van der Waals surface area contributed by atoms with Gasteiger partial charge in [-0.25, -0.2) is 9.59 Å². The first-order valence-corrected chi connectivity index (χ1v) is 14.7. The lowest BCUT2D eigenvalue weighted by Crippen LogP contribution is -2.45. The SMILES string of the molecule is CCCCC(CC)N(C(N)=O)c1c(C/C=C(\C)CC(CCN2CCCC2)C(=O)O)c(OC)c(C)c2c1C(=O)OC2. The molecule has 2 amide bonds. The van der Waals surface area contributed by atoms with Gasteiger partial charge in [0.15, 0.2) is 0 Å². The van der Waals surface area contributed by atoms with Crippen molar-refractivity contribution in [2.24, 2.45) is 11.7 Å². The number of nitrogens with zero attached hydrogens (tertiary/aromatic N) is 2. The number of carboxylic acid groups (broad SMARTS) is 1. The number of benzene rings is 1. The number of cyclic esters (lactones) is 1. The Hall–Kier alpha value is -3.07. The van der Waals surface area contributed by atoms with E-state index in [0.29, 0.717) is 53.8 Å². The average Bonchev–Trinajstić information content (AvgIpc) is 3.58. The maximum absolute atomic E-state index is 13.1. The molecular weight excluding hydrogens is 510 g/mol. The van der Waals surface area contributed by atoms with Crippen molar-refractivity contribution >= 4 is 23.7 Å². The molecule has 1 aromatic rings. The second-order valence-electron chi connectivity index (χ2n) is 11.2. The Kier molecular flexibility index (Phi) is 11.4. The Morgan fingerprint density at radius 2 is 1.93 bits per heavy atom. The number of allylic oxidation sites excluding steroid dienone is 2. The van der Waals surface area contributed by atoms with Crippen molar-refractivity contribution in [3.05, 3.63) is 33.9 Å². The highest BCUT2D eigenvalue weighted by atomic mass is 16.5. The molecule has 3 rings (SSSR count). The van der Waals surface area contributed by atoms with Crippen molar-refractivity contribution in [1.82, 2.24) is 4.90 Å². The molecule has 40 heavy (non-hydrogen) atoms. The average molecular weight is 558 g/mol. The van der Waals surface area contributed by atoms with Gasteiger partial charge in [0.05, 0.1) is 24.3 Å². The summed E-state index contributed by atoms with van der Waals surface area (Å²) in [6, 6.07) is -0.807. The molecule has 0 spiro atoms. The summed E-state index contributed by atoms with van der Waals surface area (Å²) >= 11 is 0. The zero-order chi connectivity index (χ0) is 29.4. The van der Waals surface area contributed by atoms with Gasteiger partial charge >= 0.3 is 18.0 Å². The van der Waals surface area contributed by atoms with Crippen LogP contribution in [0.3, 0.4) is 0 Å². The number of carboxylic acids is 1. The number of rotatable bonds is 15. The number of hydrogen-bond donors (Lipinski definition) is 2. The van der Waals surface area contributed by atoms with Crippen molar-refractivity contribution in [2.45, 2.75) is 98.1 Å². The summed E-state index contributed by atoms with van der Waals surface area (Å²) in [5.74, 6) is -1.14. The molecule has 0 saturated carbocycles. The molecule has 0 aliphatic carbocycles. The molecule has 0 aromatic heterocycles. The number of primary amides is 1. The number of esters is 1. The van der Waals surface area contributed by atoms with Crippen LogP contribution in [0.2, 0.25) is 0 Å². The molecule has 222 valence electrons. The Morgan fingerprint density at radius 3 is 2.50 bits per heavy atom. The summed E-state index contributed by atoms with van der Waals surface area (Å²) in [6.45, 7) is 10.9. The van der Waals surface area contributed by atoms with Crippen LogP contribution in [-0.4, -0.2) is 60.8 Å². The number of urea groups is 1. The van der Waals surface area contributed by atoms with Crippen LogP contribution in [0, 0.1) is 12.8 Å². The third-order valence-corrected chi connectivity index (χ3v) is 8.42. The molecule has 2 atom stereocenters. The van der Waals surface area contributed by atoms with Crippen LogP contribution in [0.1, 0.15) is 99.2 Å². The Labute approximate surface area is 238 Å². The first-order chi connectivity index (χ1) is 19.1. The number of methoxy groups -OCH3 is 1. The lowest BCUT2D eigenvalue weighted by Gasteiger charge is -2.33. The van der Waals surface area contributed by atoms with E-state index >= 15 is 0 Å². The Balaban J connectivity index is 2.02. The van der Waals surface area contributed by atoms with Gasteiger partial charge in [-0.2, -0.15) is 0 Å². The summed E-state index contributed by atoms with van der Waals surface area (Å²) in [4.78, 5) is 42.0. The number of carbonyl (C=O) groups is 3. The Morgan fingerprint density at radius 1 is 1.23 bits per heavy atom. The van der Waals surface area contributed by atoms with Gasteiger partial charge in [0.1, 0.15) is 12.4 Å². The van der Waals surface area contributed by atoms with Gasteiger partial charge in [-0.3, -0.25) is 9.69 Å². The van der Waals surface area contributed by atoms with Crippen LogP contribution >= 0.6 is 0 Å². The topological polar surface area (TPSA) is 122 Å². The molecule has 9 heteroatoms. The van der Waals surface area contributed by atoms with E-state index in [1.807, 2.05) is 26.8 Å². The third kappa shape index (κ3) is 7.16. The molecule has 0 bridgehead atoms. The fourth-order valence-electron chi connectivity index (χ4n) is 6.13. The zero-order valence-corrected chi connectivity index (χ0v) is 24.9. The standard InChI is InChI=1S/C31H47N3O6/c1-6-8-11-23(7-2)34(31(32)38)27-24(28(39-5)21(4)25-19-40-30(37)26(25)27)13-12-20(3)18-22(29(35)36)14-17-33-15-9-10-16-33/h12,22-23H,6-11,13-19H2,1-5H3,(H2,32,38)(H,35,36)/b20-12+. The van der Waals surface area contributed by atoms with E-state index in [4.69, 9.17) is 15.2 Å². The number of ether oxygens (including phenoxy) is 2. The van der Waals surface area contributed by atoms with Crippen LogP contribution in [0.25, 0.3) is 0 Å². The van der Waals surface area contributed by atoms with Gasteiger partial charge in [0.25, 0.3) is 0 Å². The van der Waals surface area contributed by atoms with E-state index < -0.39 is 23.9 Å². The molecule has 3 N–H and O–H groups in total. The summed E-state index contributed by atoms with van der Waals surface area (Å²) in [5.41, 5.74) is 9.98. The number of aliphatic carboxylic acids is 1. The van der Waals surface area contributed by atoms with E-state index in [9.17, 15) is 19.5 Å². The first kappa shape index (κ1) is 31.5. The summed E-state index contributed by atoms with van der Waals surface area (Å²) < 4.78 is 11.3. The highest BCUT2D eigenvalue weighted by Gasteiger charge is 2.37. The number of amides is 2. The van der Waals surface area contributed by atoms with Gasteiger partial charge < -0.3 is 25.2 Å². The smallest absolute Gasteiger partial charge is 0.341 e. The second-order valence-corrected chi connectivity index (χ2v) is 11.2. The quantitative estimate of drug-likeness (QED) is 0.213. The molecule has 1 aromatic carbocycles. The lowest BCUT2D eigenvalue weighted by atomic mass is 9.90. The zero-order valence-electron chi connectivity index (χ0n) is 24.9. The number of carbonyl (C=O) groups excluding carboxylic acids is 2. The molecule has 2 unspecified atom stereocenters. The predicted octanol–water partition coefficient (Wildman–Crippen LogP) is 5.59. The van der Waals surface area contributed by atoms with Crippen LogP contribution in [0.5, 0.6) is 5.75 Å². The van der Waals surface area contributed by atoms with Crippen molar-refractivity contribution in [3.63, 3.8) is 0 Å². The fourth-order valence-corrected chi connectivity index (χ4v) is 6.13. The minimum Gasteiger partial charge on any atom is -0.496 e. The molecule has 1 fully saturated rings. The summed E-state index contributed by atoms with van der Waals surface area (Å²) in [6.07, 6.45) is 9.05. The van der Waals surface area contributed by atoms with E-state index in [0.717, 1.165) is 50.0 Å². The number of anilines is 1. The van der Waals surface area contributed by atoms with Crippen molar-refractivity contribution in [2.75, 3.05) is 31.6 Å². The molecule has 2 heterocycles. The van der Waals surface area contributed by atoms with Gasteiger partial charge in [0.2, 0.25) is 0 Å². The number of fused-ring (bicyclic) bond motifs is 1. The lowest BCUT2D eigenvalue weighted by molar-refractivity contribution is -0.142. The summed E-state index contributed by atoms with van der Waals surface area (Å²) in [7, 11) is 1.58. The Bertz CT molecular complexity index is 1110. The van der Waals surface area contributed by atoms with E-state index in [1.54, 1.807) is 12.0 Å². The monoisotopic (exact) mass is 557 g/mol. The number of likely N-dealkylation sites (tertiary alicyclic amines) is 1. The first-order valence-electron chi connectivity index (χ1n) is 14.7. The molecule has 2 aliphatic heterocycles. The molecule has 0 radical (unpaired) electrons. The normalized spacial score (nSPS) is 16.9. The van der Waals surface area contributed by atoms with Crippen molar-refractivity contribution in [1.29, 1.82) is 0 Å². The van der Waals surface area contributed by atoms with Gasteiger partial charge in [0, 0.05) is 17.2 Å². The largest absolute Gasteiger partial charge is 0.496 e. The molecule has 1 saturated heterocycles. The van der Waals surface area contributed by atoms with Crippen LogP contribution in [-0.2, 0) is 22.6 Å². The molecular formula is C31H47N3O6. The van der Waals surface area contributed by atoms with Crippen LogP contribution in [0.4, 0.5) is 10.5 Å². The van der Waals surface area contributed by atoms with Crippen LogP contribution in [0.15, 0.2) is 11.6 Å². The number of unbranched alkanes of at least 4 members (excludes halogenated alkanes) is 1. The number of hydrogen-bond acceptors (Lipinski definition) is 6. The van der Waals surface area contributed by atoms with Crippen molar-refractivity contribution in [3.8, 4) is 5.75 Å². The van der Waals surface area contributed by atoms with E-state index in [-0.39, 0.29) is 12.6 Å². The minimum absolute atomic E-state index is 0.119. The third-order valence-electron chi connectivity index (χ3n) is 8.42. The summed E-state index contributed by atoms with van der Waals surface area (Å²) in [5, 5.41) is 9.90. The minimum atomic E-state index is -0.789. The van der Waals surface area contributed by atoms with Gasteiger partial charge in [-0.05, 0) is 84.0 Å². The predicted molar refractivity (Wildman–Crippen MR) is 156 cm³/mol. The highest BCUT2D eigenvalue weighted by molar-refractivity contribution is 6.06. The molecule has 9 nitrogen and oxygen atoms in total. The fraction of sp³-hybridized carbons (Fsp3) is 0.645. The maximum atomic E-state index is 13.1. The van der Waals surface area contributed by atoms with Crippen LogP contribution < -0.4 is 15.4 Å². The van der Waals surface area contributed by atoms with E-state index in [1.165, 1.54) is 12.8 Å². The van der Waals surface area contributed by atoms with Gasteiger partial charge in [-0.1, -0.05) is 38.3 Å². The second kappa shape index (κ2) is 14.5. The van der Waals surface area contributed by atoms with E-state index in [2.05, 4.69) is 11.8 Å². The maximum Gasteiger partial charge on any atom is 0.341 e. The van der Waals surface area contributed by atoms with Gasteiger partial charge in [-0.15, -0.1) is 0 Å². The van der Waals surface area contributed by atoms with Crippen molar-refractivity contribution < 1.29 is 29.0 Å².